The third kappa shape index (κ3) is 4.23. The van der Waals surface area contributed by atoms with E-state index in [1.54, 1.807) is 6.33 Å². The van der Waals surface area contributed by atoms with Gasteiger partial charge in [0, 0.05) is 37.6 Å². The molecule has 0 aliphatic carbocycles. The maximum absolute atomic E-state index is 13.2. The van der Waals surface area contributed by atoms with Crippen LogP contribution in [0.2, 0.25) is 0 Å². The zero-order chi connectivity index (χ0) is 20.2. The van der Waals surface area contributed by atoms with Crippen molar-refractivity contribution in [3.63, 3.8) is 0 Å². The summed E-state index contributed by atoms with van der Waals surface area (Å²) in [6, 6.07) is 14.9. The topological polar surface area (TPSA) is 70.3 Å². The second-order valence-corrected chi connectivity index (χ2v) is 7.09. The number of anilines is 5. The summed E-state index contributed by atoms with van der Waals surface area (Å²) in [4.78, 5) is 13.2. The molecule has 0 bridgehead atoms. The van der Waals surface area contributed by atoms with Gasteiger partial charge in [0.15, 0.2) is 11.6 Å². The van der Waals surface area contributed by atoms with Gasteiger partial charge in [0.25, 0.3) is 0 Å². The molecule has 2 aromatic carbocycles. The van der Waals surface area contributed by atoms with Crippen LogP contribution in [0.15, 0.2) is 54.9 Å². The number of rotatable bonds is 5. The van der Waals surface area contributed by atoms with Crippen LogP contribution in [0.4, 0.5) is 33.1 Å². The van der Waals surface area contributed by atoms with Gasteiger partial charge < -0.3 is 20.9 Å². The van der Waals surface area contributed by atoms with E-state index in [0.29, 0.717) is 11.5 Å². The van der Waals surface area contributed by atoms with E-state index in [1.165, 1.54) is 17.7 Å². The predicted molar refractivity (Wildman–Crippen MR) is 116 cm³/mol. The second kappa shape index (κ2) is 8.34. The van der Waals surface area contributed by atoms with E-state index in [2.05, 4.69) is 44.1 Å². The van der Waals surface area contributed by atoms with E-state index in [0.717, 1.165) is 49.8 Å². The SMILES string of the molecule is CCc1ccc(Nc2ncnc(N3CCN(c4ccc(F)cc4)CC3)c2N)cc1. The van der Waals surface area contributed by atoms with Crippen molar-refractivity contribution in [1.29, 1.82) is 0 Å². The lowest BCUT2D eigenvalue weighted by Crippen LogP contribution is -2.47. The lowest BCUT2D eigenvalue weighted by atomic mass is 10.1. The van der Waals surface area contributed by atoms with Gasteiger partial charge >= 0.3 is 0 Å². The molecule has 1 fully saturated rings. The van der Waals surface area contributed by atoms with Gasteiger partial charge in [-0.3, -0.25) is 0 Å². The fourth-order valence-electron chi connectivity index (χ4n) is 3.53. The zero-order valence-electron chi connectivity index (χ0n) is 16.5. The van der Waals surface area contributed by atoms with Crippen molar-refractivity contribution in [2.75, 3.05) is 47.0 Å². The van der Waals surface area contributed by atoms with Crippen molar-refractivity contribution < 1.29 is 4.39 Å². The van der Waals surface area contributed by atoms with Crippen LogP contribution in [0.5, 0.6) is 0 Å². The number of hydrogen-bond donors (Lipinski definition) is 2. The van der Waals surface area contributed by atoms with E-state index in [-0.39, 0.29) is 5.82 Å². The number of halogens is 1. The normalized spacial score (nSPS) is 14.1. The highest BCUT2D eigenvalue weighted by Gasteiger charge is 2.21. The van der Waals surface area contributed by atoms with E-state index in [9.17, 15) is 4.39 Å². The minimum Gasteiger partial charge on any atom is -0.393 e. The van der Waals surface area contributed by atoms with Gasteiger partial charge in [-0.1, -0.05) is 19.1 Å². The van der Waals surface area contributed by atoms with E-state index >= 15 is 0 Å². The lowest BCUT2D eigenvalue weighted by Gasteiger charge is -2.37. The van der Waals surface area contributed by atoms with Crippen LogP contribution in [-0.4, -0.2) is 36.1 Å². The molecular formula is C22H25FN6. The summed E-state index contributed by atoms with van der Waals surface area (Å²) in [7, 11) is 0. The van der Waals surface area contributed by atoms with Gasteiger partial charge in [-0.2, -0.15) is 0 Å². The van der Waals surface area contributed by atoms with Gasteiger partial charge in [-0.25, -0.2) is 14.4 Å². The minimum atomic E-state index is -0.217. The molecule has 3 aromatic rings. The molecule has 1 aromatic heterocycles. The van der Waals surface area contributed by atoms with Crippen LogP contribution < -0.4 is 20.9 Å². The summed E-state index contributed by atoms with van der Waals surface area (Å²) in [5, 5.41) is 3.29. The largest absolute Gasteiger partial charge is 0.393 e. The van der Waals surface area contributed by atoms with E-state index < -0.39 is 0 Å². The van der Waals surface area contributed by atoms with Crippen LogP contribution >= 0.6 is 0 Å². The summed E-state index contributed by atoms with van der Waals surface area (Å²) < 4.78 is 13.2. The summed E-state index contributed by atoms with van der Waals surface area (Å²) in [6.45, 7) is 5.33. The Balaban J connectivity index is 1.45. The van der Waals surface area contributed by atoms with Gasteiger partial charge in [0.1, 0.15) is 17.8 Å². The first kappa shape index (κ1) is 19.0. The summed E-state index contributed by atoms with van der Waals surface area (Å²) in [5.41, 5.74) is 10.2. The average molecular weight is 392 g/mol. The van der Waals surface area contributed by atoms with Crippen molar-refractivity contribution in [1.82, 2.24) is 9.97 Å². The quantitative estimate of drug-likeness (QED) is 0.688. The first-order valence-electron chi connectivity index (χ1n) is 9.86. The number of hydrogen-bond acceptors (Lipinski definition) is 6. The predicted octanol–water partition coefficient (Wildman–Crippen LogP) is 3.83. The Kier molecular flexibility index (Phi) is 5.46. The van der Waals surface area contributed by atoms with Crippen LogP contribution in [0, 0.1) is 5.82 Å². The van der Waals surface area contributed by atoms with Crippen LogP contribution in [0.3, 0.4) is 0 Å². The first-order chi connectivity index (χ1) is 14.1. The highest BCUT2D eigenvalue weighted by atomic mass is 19.1. The molecule has 1 aliphatic rings. The Labute approximate surface area is 170 Å². The third-order valence-corrected chi connectivity index (χ3v) is 5.26. The summed E-state index contributed by atoms with van der Waals surface area (Å²) in [5.74, 6) is 1.14. The highest BCUT2D eigenvalue weighted by molar-refractivity contribution is 5.78. The molecule has 3 N–H and O–H groups in total. The third-order valence-electron chi connectivity index (χ3n) is 5.26. The Morgan fingerprint density at radius 3 is 2.24 bits per heavy atom. The molecule has 0 unspecified atom stereocenters. The smallest absolute Gasteiger partial charge is 0.159 e. The standard InChI is InChI=1S/C22H25FN6/c1-2-16-3-7-18(8-4-16)27-21-20(24)22(26-15-25-21)29-13-11-28(12-14-29)19-9-5-17(23)6-10-19/h3-10,15H,2,11-14,24H2,1H3,(H,25,26,27). The highest BCUT2D eigenvalue weighted by Crippen LogP contribution is 2.30. The van der Waals surface area contributed by atoms with Gasteiger partial charge in [0.05, 0.1) is 0 Å². The van der Waals surface area contributed by atoms with Crippen molar-refractivity contribution in [2.45, 2.75) is 13.3 Å². The van der Waals surface area contributed by atoms with Gasteiger partial charge in [-0.15, -0.1) is 0 Å². The summed E-state index contributed by atoms with van der Waals surface area (Å²) >= 11 is 0. The summed E-state index contributed by atoms with van der Waals surface area (Å²) in [6.07, 6.45) is 2.55. The van der Waals surface area contributed by atoms with Crippen molar-refractivity contribution in [3.8, 4) is 0 Å². The molecule has 1 aliphatic heterocycles. The number of nitrogens with two attached hydrogens (primary N) is 1. The Morgan fingerprint density at radius 2 is 1.59 bits per heavy atom. The first-order valence-corrected chi connectivity index (χ1v) is 9.86. The number of nitrogens with one attached hydrogen (secondary N) is 1. The lowest BCUT2D eigenvalue weighted by molar-refractivity contribution is 0.624. The molecule has 0 radical (unpaired) electrons. The van der Waals surface area contributed by atoms with Crippen LogP contribution in [0.25, 0.3) is 0 Å². The molecule has 2 heterocycles. The molecule has 0 atom stereocenters. The van der Waals surface area contributed by atoms with E-state index in [4.69, 9.17) is 5.73 Å². The number of nitrogens with zero attached hydrogens (tertiary/aromatic N) is 4. The molecule has 150 valence electrons. The van der Waals surface area contributed by atoms with Crippen molar-refractivity contribution in [3.05, 3.63) is 66.2 Å². The number of aryl methyl sites for hydroxylation is 1. The Bertz CT molecular complexity index is 950. The monoisotopic (exact) mass is 392 g/mol. The molecule has 0 amide bonds. The maximum Gasteiger partial charge on any atom is 0.159 e. The molecule has 0 saturated carbocycles. The van der Waals surface area contributed by atoms with E-state index in [1.807, 2.05) is 24.3 Å². The van der Waals surface area contributed by atoms with Crippen molar-refractivity contribution in [2.24, 2.45) is 0 Å². The van der Waals surface area contributed by atoms with Gasteiger partial charge in [-0.05, 0) is 48.4 Å². The Morgan fingerprint density at radius 1 is 0.931 bits per heavy atom. The molecule has 0 spiro atoms. The number of aromatic nitrogens is 2. The molecule has 6 nitrogen and oxygen atoms in total. The second-order valence-electron chi connectivity index (χ2n) is 7.09. The average Bonchev–Trinajstić information content (AvgIpc) is 2.76. The minimum absolute atomic E-state index is 0.217. The number of piperazine rings is 1. The molecule has 1 saturated heterocycles. The fraction of sp³-hybridized carbons (Fsp3) is 0.273. The van der Waals surface area contributed by atoms with Gasteiger partial charge in [0.2, 0.25) is 0 Å². The molecule has 4 rings (SSSR count). The molecular weight excluding hydrogens is 367 g/mol. The maximum atomic E-state index is 13.2. The van der Waals surface area contributed by atoms with Crippen LogP contribution in [0.1, 0.15) is 12.5 Å². The van der Waals surface area contributed by atoms with Crippen LogP contribution in [-0.2, 0) is 6.42 Å². The Hall–Kier alpha value is -3.35. The van der Waals surface area contributed by atoms with Crippen molar-refractivity contribution >= 4 is 28.7 Å². The number of benzene rings is 2. The fourth-order valence-corrected chi connectivity index (χ4v) is 3.53. The zero-order valence-corrected chi connectivity index (χ0v) is 16.5. The number of nitrogen functional groups attached to an aromatic ring is 1. The molecule has 7 heteroatoms. The molecule has 29 heavy (non-hydrogen) atoms.